The van der Waals surface area contributed by atoms with Gasteiger partial charge in [0.2, 0.25) is 11.8 Å². The lowest BCUT2D eigenvalue weighted by atomic mass is 10.0. The number of hydrogen-bond donors (Lipinski definition) is 1. The molecule has 1 unspecified atom stereocenters. The van der Waals surface area contributed by atoms with E-state index in [-0.39, 0.29) is 24.3 Å². The number of likely N-dealkylation sites (N-methyl/N-ethyl adjacent to an activating group) is 1. The van der Waals surface area contributed by atoms with Gasteiger partial charge in [0, 0.05) is 46.6 Å². The quantitative estimate of drug-likeness (QED) is 0.230. The number of nitrogens with zero attached hydrogens (tertiary/aromatic N) is 2. The summed E-state index contributed by atoms with van der Waals surface area (Å²) in [7, 11) is 4.94. The Hall–Kier alpha value is -2.44. The number of methoxy groups -OCH3 is 2. The zero-order valence-corrected chi connectivity index (χ0v) is 26.7. The summed E-state index contributed by atoms with van der Waals surface area (Å²) in [4.78, 5) is 30.7. The standard InChI is InChI=1S/C31H43Cl2N3O7/c1-35(29(37)21-23-4-9-27(32)28(33)20-23)30(24-5-7-25(8-6-24)34-11-13-39-2)31(38)36-12-10-26(22-36)43-19-18-42-17-16-41-15-14-40-3/h4-9,20,26,30,34H,10-19,21-22H2,1-3H3/t26-,30?/m0/s1. The van der Waals surface area contributed by atoms with Crippen LogP contribution in [0.2, 0.25) is 10.0 Å². The molecule has 0 aliphatic carbocycles. The molecule has 1 saturated heterocycles. The van der Waals surface area contributed by atoms with Gasteiger partial charge in [0.1, 0.15) is 6.04 Å². The zero-order valence-electron chi connectivity index (χ0n) is 25.2. The minimum Gasteiger partial charge on any atom is -0.383 e. The van der Waals surface area contributed by atoms with Gasteiger partial charge in [-0.1, -0.05) is 41.4 Å². The molecule has 12 heteroatoms. The molecule has 1 N–H and O–H groups in total. The average molecular weight is 641 g/mol. The predicted molar refractivity (Wildman–Crippen MR) is 167 cm³/mol. The predicted octanol–water partition coefficient (Wildman–Crippen LogP) is 4.09. The molecular weight excluding hydrogens is 597 g/mol. The fourth-order valence-electron chi connectivity index (χ4n) is 4.68. The van der Waals surface area contributed by atoms with Crippen molar-refractivity contribution in [2.45, 2.75) is 25.0 Å². The Morgan fingerprint density at radius 3 is 2.28 bits per heavy atom. The van der Waals surface area contributed by atoms with Crippen LogP contribution < -0.4 is 5.32 Å². The van der Waals surface area contributed by atoms with Crippen LogP contribution in [0.5, 0.6) is 0 Å². The first-order chi connectivity index (χ1) is 20.8. The molecule has 0 aromatic heterocycles. The van der Waals surface area contributed by atoms with Gasteiger partial charge in [-0.15, -0.1) is 0 Å². The lowest BCUT2D eigenvalue weighted by Gasteiger charge is -2.31. The second kappa shape index (κ2) is 19.1. The van der Waals surface area contributed by atoms with Crippen molar-refractivity contribution in [3.63, 3.8) is 0 Å². The normalized spacial score (nSPS) is 15.5. The fourth-order valence-corrected chi connectivity index (χ4v) is 5.00. The topological polar surface area (TPSA) is 98.8 Å². The lowest BCUT2D eigenvalue weighted by Crippen LogP contribution is -2.44. The van der Waals surface area contributed by atoms with E-state index < -0.39 is 6.04 Å². The third kappa shape index (κ3) is 11.5. The van der Waals surface area contributed by atoms with Gasteiger partial charge in [-0.3, -0.25) is 9.59 Å². The molecule has 10 nitrogen and oxygen atoms in total. The molecule has 0 saturated carbocycles. The van der Waals surface area contributed by atoms with Crippen molar-refractivity contribution >= 4 is 40.7 Å². The first kappa shape index (κ1) is 35.0. The third-order valence-corrected chi connectivity index (χ3v) is 7.80. The van der Waals surface area contributed by atoms with Crippen molar-refractivity contribution in [3.05, 3.63) is 63.6 Å². The van der Waals surface area contributed by atoms with E-state index in [1.165, 1.54) is 4.90 Å². The number of benzene rings is 2. The highest BCUT2D eigenvalue weighted by Gasteiger charge is 2.36. The molecule has 2 amide bonds. The largest absolute Gasteiger partial charge is 0.383 e. The minimum atomic E-state index is -0.802. The number of halogens is 2. The summed E-state index contributed by atoms with van der Waals surface area (Å²) in [5, 5.41) is 4.07. The van der Waals surface area contributed by atoms with Crippen LogP contribution in [0.15, 0.2) is 42.5 Å². The molecule has 0 spiro atoms. The van der Waals surface area contributed by atoms with Gasteiger partial charge < -0.3 is 38.8 Å². The summed E-state index contributed by atoms with van der Waals surface area (Å²) in [5.74, 6) is -0.366. The monoisotopic (exact) mass is 639 g/mol. The maximum Gasteiger partial charge on any atom is 0.250 e. The van der Waals surface area contributed by atoms with E-state index in [0.29, 0.717) is 87.9 Å². The van der Waals surface area contributed by atoms with Crippen molar-refractivity contribution in [2.75, 3.05) is 92.5 Å². The third-order valence-electron chi connectivity index (χ3n) is 7.06. The van der Waals surface area contributed by atoms with Gasteiger partial charge >= 0.3 is 0 Å². The number of anilines is 1. The number of amides is 2. The minimum absolute atomic E-state index is 0.0803. The van der Waals surface area contributed by atoms with Crippen LogP contribution in [0.1, 0.15) is 23.6 Å². The molecular formula is C31H43Cl2N3O7. The van der Waals surface area contributed by atoms with Gasteiger partial charge in [-0.2, -0.15) is 0 Å². The summed E-state index contributed by atoms with van der Waals surface area (Å²) in [6.45, 7) is 5.15. The zero-order chi connectivity index (χ0) is 31.0. The van der Waals surface area contributed by atoms with Crippen LogP contribution in [0.25, 0.3) is 0 Å². The smallest absolute Gasteiger partial charge is 0.250 e. The van der Waals surface area contributed by atoms with Crippen molar-refractivity contribution in [1.82, 2.24) is 9.80 Å². The molecule has 3 rings (SSSR count). The Labute approximate surface area is 264 Å². The summed E-state index contributed by atoms with van der Waals surface area (Å²) in [6.07, 6.45) is 0.689. The Morgan fingerprint density at radius 2 is 1.60 bits per heavy atom. The SMILES string of the molecule is COCCNc1ccc(C(C(=O)N2CC[C@H](OCCOCCOCCOC)C2)N(C)C(=O)Cc2ccc(Cl)c(Cl)c2)cc1. The molecule has 1 aliphatic rings. The molecule has 0 bridgehead atoms. The number of rotatable bonds is 19. The Bertz CT molecular complexity index is 1140. The molecule has 1 fully saturated rings. The first-order valence-electron chi connectivity index (χ1n) is 14.4. The van der Waals surface area contributed by atoms with Crippen molar-refractivity contribution in [3.8, 4) is 0 Å². The van der Waals surface area contributed by atoms with Gasteiger partial charge in [0.25, 0.3) is 0 Å². The lowest BCUT2D eigenvalue weighted by molar-refractivity contribution is -0.144. The summed E-state index contributed by atoms with van der Waals surface area (Å²) in [5.41, 5.74) is 2.33. The maximum absolute atomic E-state index is 14.0. The van der Waals surface area contributed by atoms with Crippen LogP contribution in [-0.2, 0) is 39.7 Å². The number of likely N-dealkylation sites (tertiary alicyclic amines) is 1. The van der Waals surface area contributed by atoms with Gasteiger partial charge in [-0.25, -0.2) is 0 Å². The number of nitrogens with one attached hydrogen (secondary N) is 1. The second-order valence-electron chi connectivity index (χ2n) is 10.2. The number of ether oxygens (including phenoxy) is 5. The van der Waals surface area contributed by atoms with E-state index in [0.717, 1.165) is 11.3 Å². The summed E-state index contributed by atoms with van der Waals surface area (Å²) < 4.78 is 27.0. The summed E-state index contributed by atoms with van der Waals surface area (Å²) in [6, 6.07) is 11.9. The van der Waals surface area contributed by atoms with Gasteiger partial charge in [0.05, 0.1) is 68.8 Å². The molecule has 2 aromatic carbocycles. The first-order valence-corrected chi connectivity index (χ1v) is 15.2. The molecule has 238 valence electrons. The average Bonchev–Trinajstić information content (AvgIpc) is 3.48. The Balaban J connectivity index is 1.62. The Morgan fingerprint density at radius 1 is 0.930 bits per heavy atom. The highest BCUT2D eigenvalue weighted by Crippen LogP contribution is 2.28. The van der Waals surface area contributed by atoms with E-state index in [4.69, 9.17) is 46.9 Å². The van der Waals surface area contributed by atoms with E-state index in [1.807, 2.05) is 24.3 Å². The highest BCUT2D eigenvalue weighted by atomic mass is 35.5. The Kier molecular flexibility index (Phi) is 15.5. The van der Waals surface area contributed by atoms with Crippen LogP contribution in [-0.4, -0.2) is 115 Å². The van der Waals surface area contributed by atoms with E-state index in [2.05, 4.69) is 5.32 Å². The second-order valence-corrected chi connectivity index (χ2v) is 11.0. The molecule has 2 aromatic rings. The number of hydrogen-bond acceptors (Lipinski definition) is 8. The van der Waals surface area contributed by atoms with E-state index in [1.54, 1.807) is 44.4 Å². The van der Waals surface area contributed by atoms with Crippen LogP contribution in [0.3, 0.4) is 0 Å². The molecule has 1 aliphatic heterocycles. The van der Waals surface area contributed by atoms with Crippen molar-refractivity contribution < 1.29 is 33.3 Å². The molecule has 0 radical (unpaired) electrons. The number of carbonyl (C=O) groups is 2. The molecule has 2 atom stereocenters. The fraction of sp³-hybridized carbons (Fsp3) is 0.548. The highest BCUT2D eigenvalue weighted by molar-refractivity contribution is 6.42. The van der Waals surface area contributed by atoms with Gasteiger partial charge in [0.15, 0.2) is 0 Å². The van der Waals surface area contributed by atoms with Crippen LogP contribution >= 0.6 is 23.2 Å². The van der Waals surface area contributed by atoms with E-state index >= 15 is 0 Å². The molecule has 43 heavy (non-hydrogen) atoms. The number of carbonyl (C=O) groups excluding carboxylic acids is 2. The molecule has 1 heterocycles. The van der Waals surface area contributed by atoms with Crippen LogP contribution in [0, 0.1) is 0 Å². The maximum atomic E-state index is 14.0. The van der Waals surface area contributed by atoms with Crippen LogP contribution in [0.4, 0.5) is 5.69 Å². The van der Waals surface area contributed by atoms with Gasteiger partial charge in [-0.05, 0) is 41.8 Å². The van der Waals surface area contributed by atoms with E-state index in [9.17, 15) is 9.59 Å². The summed E-state index contributed by atoms with van der Waals surface area (Å²) >= 11 is 12.2. The van der Waals surface area contributed by atoms with Crippen molar-refractivity contribution in [1.29, 1.82) is 0 Å². The van der Waals surface area contributed by atoms with Crippen molar-refractivity contribution in [2.24, 2.45) is 0 Å².